The second-order valence-electron chi connectivity index (χ2n) is 7.82. The topological polar surface area (TPSA) is 27.7 Å². The minimum absolute atomic E-state index is 0.320. The van der Waals surface area contributed by atoms with Crippen molar-refractivity contribution in [1.29, 1.82) is 0 Å². The van der Waals surface area contributed by atoms with Gasteiger partial charge in [0.25, 0.3) is 0 Å². The van der Waals surface area contributed by atoms with E-state index in [4.69, 9.17) is 13.7 Å². The molecule has 1 heterocycles. The van der Waals surface area contributed by atoms with E-state index in [1.54, 1.807) is 0 Å². The molecule has 0 N–H and O–H groups in total. The first-order valence-electron chi connectivity index (χ1n) is 7.56. The molecule has 0 atom stereocenters. The van der Waals surface area contributed by atoms with Gasteiger partial charge < -0.3 is 13.7 Å². The van der Waals surface area contributed by atoms with Crippen molar-refractivity contribution in [3.05, 3.63) is 23.8 Å². The molecule has 0 bridgehead atoms. The smallest absolute Gasteiger partial charge is 0.495 e. The molecule has 1 aromatic carbocycles. The normalized spacial score (nSPS) is 20.7. The zero-order valence-electron chi connectivity index (χ0n) is 14.5. The molecule has 0 aromatic heterocycles. The Morgan fingerprint density at radius 1 is 1.00 bits per heavy atom. The molecule has 21 heavy (non-hydrogen) atoms. The van der Waals surface area contributed by atoms with Crippen LogP contribution in [-0.2, 0) is 9.31 Å². The number of benzene rings is 1. The van der Waals surface area contributed by atoms with Gasteiger partial charge in [-0.2, -0.15) is 0 Å². The molecule has 1 aliphatic rings. The highest BCUT2D eigenvalue weighted by atomic mass is 28.4. The van der Waals surface area contributed by atoms with Crippen molar-refractivity contribution in [2.75, 3.05) is 0 Å². The lowest BCUT2D eigenvalue weighted by Crippen LogP contribution is -2.41. The Kier molecular flexibility index (Phi) is 4.06. The molecule has 116 valence electrons. The van der Waals surface area contributed by atoms with Crippen LogP contribution in [0.25, 0.3) is 0 Å². The van der Waals surface area contributed by atoms with Gasteiger partial charge in [-0.05, 0) is 71.9 Å². The monoisotopic (exact) mass is 306 g/mol. The SMILES string of the molecule is Cc1ccc(O[Si](C)(C)C)cc1B1OC(C)(C)C(C)(C)O1. The van der Waals surface area contributed by atoms with Crippen molar-refractivity contribution in [3.8, 4) is 5.75 Å². The van der Waals surface area contributed by atoms with E-state index in [0.717, 1.165) is 16.8 Å². The van der Waals surface area contributed by atoms with Gasteiger partial charge in [-0.15, -0.1) is 0 Å². The van der Waals surface area contributed by atoms with Crippen LogP contribution in [0.4, 0.5) is 0 Å². The summed E-state index contributed by atoms with van der Waals surface area (Å²) < 4.78 is 18.4. The van der Waals surface area contributed by atoms with Gasteiger partial charge in [0.1, 0.15) is 5.75 Å². The van der Waals surface area contributed by atoms with E-state index in [-0.39, 0.29) is 18.3 Å². The second kappa shape index (κ2) is 5.14. The van der Waals surface area contributed by atoms with Crippen LogP contribution in [0.2, 0.25) is 19.6 Å². The van der Waals surface area contributed by atoms with E-state index in [2.05, 4.69) is 66.4 Å². The largest absolute Gasteiger partial charge is 0.544 e. The van der Waals surface area contributed by atoms with Crippen LogP contribution in [-0.4, -0.2) is 26.6 Å². The number of hydrogen-bond donors (Lipinski definition) is 0. The van der Waals surface area contributed by atoms with Gasteiger partial charge in [0.2, 0.25) is 8.32 Å². The molecule has 0 unspecified atom stereocenters. The summed E-state index contributed by atoms with van der Waals surface area (Å²) in [7, 11) is -1.95. The lowest BCUT2D eigenvalue weighted by molar-refractivity contribution is 0.00578. The molecule has 0 saturated carbocycles. The summed E-state index contributed by atoms with van der Waals surface area (Å²) in [5.41, 5.74) is 1.58. The maximum Gasteiger partial charge on any atom is 0.495 e. The third-order valence-electron chi connectivity index (χ3n) is 4.18. The van der Waals surface area contributed by atoms with Crippen LogP contribution in [0, 0.1) is 6.92 Å². The fourth-order valence-corrected chi connectivity index (χ4v) is 3.09. The average molecular weight is 306 g/mol. The molecule has 2 rings (SSSR count). The first-order valence-corrected chi connectivity index (χ1v) is 11.0. The Morgan fingerprint density at radius 2 is 1.52 bits per heavy atom. The van der Waals surface area contributed by atoms with Crippen LogP contribution in [0.5, 0.6) is 5.75 Å². The number of aryl methyl sites for hydroxylation is 1. The average Bonchev–Trinajstić information content (AvgIpc) is 2.49. The molecule has 3 nitrogen and oxygen atoms in total. The fraction of sp³-hybridized carbons (Fsp3) is 0.625. The van der Waals surface area contributed by atoms with Gasteiger partial charge in [-0.3, -0.25) is 0 Å². The highest BCUT2D eigenvalue weighted by molar-refractivity contribution is 6.70. The summed E-state index contributed by atoms with van der Waals surface area (Å²) in [6.45, 7) is 16.9. The quantitative estimate of drug-likeness (QED) is 0.800. The standard InChI is InChI=1S/C16H27BO3Si/c1-12-9-10-13(18-21(6,7)8)11-14(12)17-19-15(2,3)16(4,5)20-17/h9-11H,1-8H3. The third-order valence-corrected chi connectivity index (χ3v) is 5.03. The van der Waals surface area contributed by atoms with Gasteiger partial charge in [0, 0.05) is 0 Å². The molecule has 0 spiro atoms. The van der Waals surface area contributed by atoms with Crippen LogP contribution < -0.4 is 9.89 Å². The van der Waals surface area contributed by atoms with Crippen molar-refractivity contribution < 1.29 is 13.7 Å². The molecule has 1 saturated heterocycles. The Hall–Kier alpha value is -0.778. The third kappa shape index (κ3) is 3.52. The van der Waals surface area contributed by atoms with Crippen molar-refractivity contribution >= 4 is 20.9 Å². The second-order valence-corrected chi connectivity index (χ2v) is 12.2. The van der Waals surface area contributed by atoms with E-state index >= 15 is 0 Å². The molecule has 0 radical (unpaired) electrons. The molecule has 5 heteroatoms. The Bertz CT molecular complexity index is 519. The zero-order valence-corrected chi connectivity index (χ0v) is 15.5. The summed E-state index contributed by atoms with van der Waals surface area (Å²) in [5, 5.41) is 0. The van der Waals surface area contributed by atoms with Gasteiger partial charge >= 0.3 is 7.12 Å². The Balaban J connectivity index is 2.31. The Labute approximate surface area is 130 Å². The molecule has 1 fully saturated rings. The van der Waals surface area contributed by atoms with E-state index in [1.165, 1.54) is 0 Å². The molecule has 0 aliphatic carbocycles. The van der Waals surface area contributed by atoms with Gasteiger partial charge in [-0.1, -0.05) is 11.6 Å². The zero-order chi connectivity index (χ0) is 16.1. The van der Waals surface area contributed by atoms with Gasteiger partial charge in [0.15, 0.2) is 0 Å². The molecular weight excluding hydrogens is 279 g/mol. The Morgan fingerprint density at radius 3 is 2.00 bits per heavy atom. The first-order chi connectivity index (χ1) is 9.41. The maximum absolute atomic E-state index is 6.15. The predicted octanol–water partition coefficient (Wildman–Crippen LogP) is 3.51. The van der Waals surface area contributed by atoms with E-state index in [1.807, 2.05) is 6.07 Å². The van der Waals surface area contributed by atoms with Crippen LogP contribution >= 0.6 is 0 Å². The minimum atomic E-state index is -1.62. The van der Waals surface area contributed by atoms with Crippen molar-refractivity contribution in [1.82, 2.24) is 0 Å². The van der Waals surface area contributed by atoms with E-state index in [0.29, 0.717) is 0 Å². The first kappa shape index (κ1) is 16.6. The lowest BCUT2D eigenvalue weighted by Gasteiger charge is -2.32. The fourth-order valence-electron chi connectivity index (χ4n) is 2.26. The lowest BCUT2D eigenvalue weighted by atomic mass is 9.76. The molecule has 1 aromatic rings. The minimum Gasteiger partial charge on any atom is -0.544 e. The van der Waals surface area contributed by atoms with Crippen molar-refractivity contribution in [2.45, 2.75) is 65.5 Å². The summed E-state index contributed by atoms with van der Waals surface area (Å²) in [4.78, 5) is 0. The summed E-state index contributed by atoms with van der Waals surface area (Å²) in [6, 6.07) is 6.17. The summed E-state index contributed by atoms with van der Waals surface area (Å²) in [5.74, 6) is 0.907. The highest BCUT2D eigenvalue weighted by Gasteiger charge is 2.52. The predicted molar refractivity (Wildman–Crippen MR) is 90.9 cm³/mol. The molecule has 1 aliphatic heterocycles. The van der Waals surface area contributed by atoms with Crippen LogP contribution in [0.1, 0.15) is 33.3 Å². The van der Waals surface area contributed by atoms with Gasteiger partial charge in [0.05, 0.1) is 11.2 Å². The number of rotatable bonds is 3. The van der Waals surface area contributed by atoms with E-state index in [9.17, 15) is 0 Å². The number of hydrogen-bond acceptors (Lipinski definition) is 3. The highest BCUT2D eigenvalue weighted by Crippen LogP contribution is 2.37. The van der Waals surface area contributed by atoms with Crippen LogP contribution in [0.3, 0.4) is 0 Å². The maximum atomic E-state index is 6.15. The molecule has 0 amide bonds. The summed E-state index contributed by atoms with van der Waals surface area (Å²) in [6.07, 6.45) is 0. The van der Waals surface area contributed by atoms with Crippen molar-refractivity contribution in [3.63, 3.8) is 0 Å². The van der Waals surface area contributed by atoms with Gasteiger partial charge in [-0.25, -0.2) is 0 Å². The van der Waals surface area contributed by atoms with Crippen molar-refractivity contribution in [2.24, 2.45) is 0 Å². The summed E-state index contributed by atoms with van der Waals surface area (Å²) >= 11 is 0. The van der Waals surface area contributed by atoms with Crippen LogP contribution in [0.15, 0.2) is 18.2 Å². The molecular formula is C16H27BO3Si. The van der Waals surface area contributed by atoms with E-state index < -0.39 is 8.32 Å².